The Morgan fingerprint density at radius 2 is 1.44 bits per heavy atom. The van der Waals surface area contributed by atoms with Crippen LogP contribution in [0.15, 0.2) is 59.5 Å². The molecule has 0 aliphatic carbocycles. The van der Waals surface area contributed by atoms with E-state index in [0.29, 0.717) is 11.3 Å². The molecule has 0 saturated carbocycles. The minimum absolute atomic E-state index is 0.206. The fourth-order valence-electron chi connectivity index (χ4n) is 2.99. The van der Waals surface area contributed by atoms with Crippen LogP contribution in [0.5, 0.6) is 0 Å². The Balaban J connectivity index is 1.80. The minimum atomic E-state index is -3.71. The third kappa shape index (κ3) is 3.15. The molecule has 3 aromatic rings. The number of nitrogens with zero attached hydrogens (tertiary/aromatic N) is 3. The maximum atomic E-state index is 12.7. The summed E-state index contributed by atoms with van der Waals surface area (Å²) >= 11 is 0. The first-order chi connectivity index (χ1) is 12.1. The van der Waals surface area contributed by atoms with Crippen molar-refractivity contribution in [2.45, 2.75) is 17.7 Å². The lowest BCUT2D eigenvalue weighted by atomic mass is 10.3. The van der Waals surface area contributed by atoms with Gasteiger partial charge in [0.05, 0.1) is 15.9 Å². The second kappa shape index (κ2) is 6.33. The van der Waals surface area contributed by atoms with Crippen LogP contribution in [0, 0.1) is 0 Å². The van der Waals surface area contributed by atoms with Crippen molar-refractivity contribution < 1.29 is 8.42 Å². The summed E-state index contributed by atoms with van der Waals surface area (Å²) in [7, 11) is -3.71. The molecule has 0 atom stereocenters. The highest BCUT2D eigenvalue weighted by molar-refractivity contribution is 7.92. The zero-order valence-corrected chi connectivity index (χ0v) is 14.4. The predicted molar refractivity (Wildman–Crippen MR) is 98.2 cm³/mol. The van der Waals surface area contributed by atoms with Crippen LogP contribution in [0.4, 0.5) is 11.6 Å². The summed E-state index contributed by atoms with van der Waals surface area (Å²) < 4.78 is 28.0. The summed E-state index contributed by atoms with van der Waals surface area (Å²) in [6, 6.07) is 15.8. The number of para-hydroxylation sites is 2. The van der Waals surface area contributed by atoms with Crippen molar-refractivity contribution in [3.8, 4) is 0 Å². The molecule has 4 rings (SSSR count). The van der Waals surface area contributed by atoms with E-state index in [1.165, 1.54) is 0 Å². The highest BCUT2D eigenvalue weighted by atomic mass is 32.2. The molecule has 1 fully saturated rings. The molecule has 2 aromatic carbocycles. The van der Waals surface area contributed by atoms with Gasteiger partial charge in [-0.3, -0.25) is 4.72 Å². The minimum Gasteiger partial charge on any atom is -0.354 e. The fourth-order valence-corrected chi connectivity index (χ4v) is 4.02. The highest BCUT2D eigenvalue weighted by Crippen LogP contribution is 2.29. The van der Waals surface area contributed by atoms with Crippen molar-refractivity contribution in [3.63, 3.8) is 0 Å². The lowest BCUT2D eigenvalue weighted by Gasteiger charge is -2.20. The first kappa shape index (κ1) is 15.8. The van der Waals surface area contributed by atoms with E-state index in [-0.39, 0.29) is 10.7 Å². The molecule has 2 heterocycles. The molecule has 7 heteroatoms. The number of aromatic nitrogens is 2. The van der Waals surface area contributed by atoms with Crippen molar-refractivity contribution >= 4 is 32.7 Å². The van der Waals surface area contributed by atoms with E-state index in [0.717, 1.165) is 31.4 Å². The summed E-state index contributed by atoms with van der Waals surface area (Å²) in [5.74, 6) is 0.875. The maximum Gasteiger partial charge on any atom is 0.263 e. The molecule has 1 saturated heterocycles. The Morgan fingerprint density at radius 1 is 0.840 bits per heavy atom. The van der Waals surface area contributed by atoms with Crippen LogP contribution in [0.25, 0.3) is 11.0 Å². The van der Waals surface area contributed by atoms with Gasteiger partial charge in [0.1, 0.15) is 0 Å². The first-order valence-electron chi connectivity index (χ1n) is 8.23. The van der Waals surface area contributed by atoms with Gasteiger partial charge in [-0.25, -0.2) is 18.4 Å². The van der Waals surface area contributed by atoms with Gasteiger partial charge in [-0.15, -0.1) is 0 Å². The molecule has 1 aromatic heterocycles. The van der Waals surface area contributed by atoms with Crippen molar-refractivity contribution in [2.75, 3.05) is 22.7 Å². The third-order valence-corrected chi connectivity index (χ3v) is 5.60. The topological polar surface area (TPSA) is 75.2 Å². The van der Waals surface area contributed by atoms with Gasteiger partial charge in [0.25, 0.3) is 10.0 Å². The standard InChI is InChI=1S/C18H18N4O2S/c23-25(24,14-8-2-1-3-9-14)21-17-18(22-12-6-7-13-22)20-16-11-5-4-10-15(16)19-17/h1-5,8-11H,6-7,12-13H2,(H,19,21). The molecule has 6 nitrogen and oxygen atoms in total. The summed E-state index contributed by atoms with van der Waals surface area (Å²) in [5, 5.41) is 0. The molecule has 0 bridgehead atoms. The summed E-state index contributed by atoms with van der Waals surface area (Å²) in [4.78, 5) is 11.5. The Bertz CT molecular complexity index is 1000. The number of rotatable bonds is 4. The molecule has 1 N–H and O–H groups in total. The number of sulfonamides is 1. The zero-order valence-electron chi connectivity index (χ0n) is 13.6. The van der Waals surface area contributed by atoms with Crippen molar-refractivity contribution in [3.05, 3.63) is 54.6 Å². The predicted octanol–water partition coefficient (Wildman–Crippen LogP) is 3.03. The van der Waals surface area contributed by atoms with E-state index in [1.807, 2.05) is 24.3 Å². The normalized spacial score (nSPS) is 14.8. The number of hydrogen-bond acceptors (Lipinski definition) is 5. The molecule has 25 heavy (non-hydrogen) atoms. The van der Waals surface area contributed by atoms with Crippen LogP contribution in [0.1, 0.15) is 12.8 Å². The SMILES string of the molecule is O=S(=O)(Nc1nc2ccccc2nc1N1CCCC1)c1ccccc1. The van der Waals surface area contributed by atoms with Gasteiger partial charge in [-0.05, 0) is 37.1 Å². The molecule has 0 spiro atoms. The van der Waals surface area contributed by atoms with E-state index in [2.05, 4.69) is 19.6 Å². The molecule has 1 aliphatic heterocycles. The van der Waals surface area contributed by atoms with Crippen LogP contribution in [0.2, 0.25) is 0 Å². The summed E-state index contributed by atoms with van der Waals surface area (Å²) in [6.07, 6.45) is 2.14. The Labute approximate surface area is 146 Å². The van der Waals surface area contributed by atoms with Gasteiger partial charge in [0.2, 0.25) is 0 Å². The number of fused-ring (bicyclic) bond motifs is 1. The Morgan fingerprint density at radius 3 is 2.12 bits per heavy atom. The van der Waals surface area contributed by atoms with Crippen LogP contribution in [-0.4, -0.2) is 31.5 Å². The van der Waals surface area contributed by atoms with E-state index < -0.39 is 10.0 Å². The fraction of sp³-hybridized carbons (Fsp3) is 0.222. The van der Waals surface area contributed by atoms with E-state index in [1.54, 1.807) is 30.3 Å². The van der Waals surface area contributed by atoms with Gasteiger partial charge in [0, 0.05) is 13.1 Å². The van der Waals surface area contributed by atoms with Crippen LogP contribution >= 0.6 is 0 Å². The largest absolute Gasteiger partial charge is 0.354 e. The maximum absolute atomic E-state index is 12.7. The van der Waals surface area contributed by atoms with Gasteiger partial charge >= 0.3 is 0 Å². The molecular formula is C18H18N4O2S. The number of anilines is 2. The number of hydrogen-bond donors (Lipinski definition) is 1. The van der Waals surface area contributed by atoms with E-state index in [4.69, 9.17) is 0 Å². The molecule has 128 valence electrons. The lowest BCUT2D eigenvalue weighted by molar-refractivity contribution is 0.601. The average molecular weight is 354 g/mol. The molecule has 1 aliphatic rings. The van der Waals surface area contributed by atoms with Crippen molar-refractivity contribution in [1.82, 2.24) is 9.97 Å². The van der Waals surface area contributed by atoms with Gasteiger partial charge in [-0.2, -0.15) is 0 Å². The summed E-state index contributed by atoms with van der Waals surface area (Å²) in [5.41, 5.74) is 1.42. The van der Waals surface area contributed by atoms with E-state index >= 15 is 0 Å². The van der Waals surface area contributed by atoms with Crippen molar-refractivity contribution in [2.24, 2.45) is 0 Å². The third-order valence-electron chi connectivity index (χ3n) is 4.24. The monoisotopic (exact) mass is 354 g/mol. The summed E-state index contributed by atoms with van der Waals surface area (Å²) in [6.45, 7) is 1.71. The van der Waals surface area contributed by atoms with Gasteiger partial charge in [0.15, 0.2) is 11.6 Å². The van der Waals surface area contributed by atoms with Crippen LogP contribution < -0.4 is 9.62 Å². The molecule has 0 unspecified atom stereocenters. The second-order valence-corrected chi connectivity index (χ2v) is 7.68. The quantitative estimate of drug-likeness (QED) is 0.779. The highest BCUT2D eigenvalue weighted by Gasteiger charge is 2.23. The smallest absolute Gasteiger partial charge is 0.263 e. The van der Waals surface area contributed by atoms with Gasteiger partial charge < -0.3 is 4.90 Å². The Kier molecular flexibility index (Phi) is 4.01. The van der Waals surface area contributed by atoms with Crippen LogP contribution in [0.3, 0.4) is 0 Å². The van der Waals surface area contributed by atoms with Crippen LogP contribution in [-0.2, 0) is 10.0 Å². The average Bonchev–Trinajstić information content (AvgIpc) is 3.16. The molecular weight excluding hydrogens is 336 g/mol. The molecule has 0 radical (unpaired) electrons. The van der Waals surface area contributed by atoms with E-state index in [9.17, 15) is 8.42 Å². The second-order valence-electron chi connectivity index (χ2n) is 6.00. The number of benzene rings is 2. The Hall–Kier alpha value is -2.67. The zero-order chi connectivity index (χ0) is 17.3. The molecule has 0 amide bonds. The first-order valence-corrected chi connectivity index (χ1v) is 9.71. The number of nitrogens with one attached hydrogen (secondary N) is 1. The van der Waals surface area contributed by atoms with Gasteiger partial charge in [-0.1, -0.05) is 30.3 Å². The van der Waals surface area contributed by atoms with Crippen molar-refractivity contribution in [1.29, 1.82) is 0 Å². The lowest BCUT2D eigenvalue weighted by Crippen LogP contribution is -2.23.